The van der Waals surface area contributed by atoms with Crippen molar-refractivity contribution in [2.75, 3.05) is 7.11 Å². The topological polar surface area (TPSA) is 69.7 Å². The molecule has 3 aromatic rings. The Balaban J connectivity index is 1.91. The lowest BCUT2D eigenvalue weighted by atomic mass is 9.91. The van der Waals surface area contributed by atoms with Gasteiger partial charge in [0.1, 0.15) is 11.5 Å². The zero-order valence-corrected chi connectivity index (χ0v) is 16.1. The largest absolute Gasteiger partial charge is 0.497 e. The normalized spacial score (nSPS) is 11.4. The van der Waals surface area contributed by atoms with Crippen LogP contribution in [0, 0.1) is 5.92 Å². The molecule has 0 radical (unpaired) electrons. The maximum absolute atomic E-state index is 13.0. The first-order valence-electron chi connectivity index (χ1n) is 9.10. The van der Waals surface area contributed by atoms with E-state index in [0.717, 1.165) is 0 Å². The summed E-state index contributed by atoms with van der Waals surface area (Å²) in [6.07, 6.45) is 0. The number of carbonyl (C=O) groups excluding carboxylic acids is 3. The average molecular weight is 388 g/mol. The number of Topliss-reactive ketones (excluding diaryl/α,β-unsaturated/α-hetero) is 2. The minimum absolute atomic E-state index is 0.0518. The molecule has 0 saturated carbocycles. The van der Waals surface area contributed by atoms with Crippen LogP contribution in [0.4, 0.5) is 0 Å². The summed E-state index contributed by atoms with van der Waals surface area (Å²) in [6.45, 7) is 1.55. The van der Waals surface area contributed by atoms with Crippen molar-refractivity contribution >= 4 is 17.5 Å². The lowest BCUT2D eigenvalue weighted by Gasteiger charge is -2.14. The summed E-state index contributed by atoms with van der Waals surface area (Å²) < 4.78 is 10.7. The molecule has 146 valence electrons. The number of rotatable bonds is 7. The van der Waals surface area contributed by atoms with E-state index >= 15 is 0 Å². The van der Waals surface area contributed by atoms with Crippen LogP contribution in [0.2, 0.25) is 0 Å². The Bertz CT molecular complexity index is 1030. The Morgan fingerprint density at radius 2 is 1.34 bits per heavy atom. The van der Waals surface area contributed by atoms with Gasteiger partial charge in [0.05, 0.1) is 24.2 Å². The van der Waals surface area contributed by atoms with Gasteiger partial charge in [-0.15, -0.1) is 0 Å². The third-order valence-electron chi connectivity index (χ3n) is 4.51. The Morgan fingerprint density at radius 1 is 0.759 bits per heavy atom. The van der Waals surface area contributed by atoms with Gasteiger partial charge in [0.2, 0.25) is 0 Å². The maximum Gasteiger partial charge on any atom is 0.343 e. The van der Waals surface area contributed by atoms with Crippen molar-refractivity contribution in [2.45, 2.75) is 6.92 Å². The Kier molecular flexibility index (Phi) is 6.19. The van der Waals surface area contributed by atoms with Crippen LogP contribution in [0.25, 0.3) is 0 Å². The summed E-state index contributed by atoms with van der Waals surface area (Å²) in [5, 5.41) is 0. The predicted molar refractivity (Wildman–Crippen MR) is 109 cm³/mol. The fraction of sp³-hybridized carbons (Fsp3) is 0.125. The second kappa shape index (κ2) is 8.97. The third kappa shape index (κ3) is 4.58. The number of esters is 1. The molecule has 0 heterocycles. The number of ether oxygens (including phenoxy) is 2. The summed E-state index contributed by atoms with van der Waals surface area (Å²) in [7, 11) is 1.47. The quantitative estimate of drug-likeness (QED) is 0.256. The van der Waals surface area contributed by atoms with Gasteiger partial charge in [0.25, 0.3) is 0 Å². The highest BCUT2D eigenvalue weighted by Gasteiger charge is 2.27. The van der Waals surface area contributed by atoms with Crippen molar-refractivity contribution < 1.29 is 23.9 Å². The zero-order valence-electron chi connectivity index (χ0n) is 16.1. The molecule has 0 saturated heterocycles. The Hall–Kier alpha value is -3.73. The van der Waals surface area contributed by atoms with Gasteiger partial charge in [-0.05, 0) is 31.2 Å². The first kappa shape index (κ1) is 20.0. The van der Waals surface area contributed by atoms with E-state index in [1.165, 1.54) is 19.2 Å². The van der Waals surface area contributed by atoms with E-state index in [9.17, 15) is 14.4 Å². The molecule has 0 fully saturated rings. The molecule has 0 unspecified atom stereocenters. The number of hydrogen-bond donors (Lipinski definition) is 0. The number of benzene rings is 3. The van der Waals surface area contributed by atoms with Gasteiger partial charge < -0.3 is 9.47 Å². The van der Waals surface area contributed by atoms with Crippen LogP contribution >= 0.6 is 0 Å². The van der Waals surface area contributed by atoms with Crippen molar-refractivity contribution in [3.63, 3.8) is 0 Å². The van der Waals surface area contributed by atoms with E-state index in [1.54, 1.807) is 73.7 Å². The van der Waals surface area contributed by atoms with Gasteiger partial charge in [0, 0.05) is 11.6 Å². The fourth-order valence-corrected chi connectivity index (χ4v) is 2.86. The fourth-order valence-electron chi connectivity index (χ4n) is 2.86. The van der Waals surface area contributed by atoms with Gasteiger partial charge >= 0.3 is 5.97 Å². The van der Waals surface area contributed by atoms with Gasteiger partial charge in [-0.25, -0.2) is 4.79 Å². The highest BCUT2D eigenvalue weighted by Crippen LogP contribution is 2.29. The van der Waals surface area contributed by atoms with E-state index in [0.29, 0.717) is 16.9 Å². The molecule has 0 aliphatic rings. The first-order chi connectivity index (χ1) is 14.0. The number of ketones is 2. The average Bonchev–Trinajstić information content (AvgIpc) is 2.78. The van der Waals surface area contributed by atoms with Gasteiger partial charge in [-0.1, -0.05) is 48.5 Å². The van der Waals surface area contributed by atoms with Crippen molar-refractivity contribution in [2.24, 2.45) is 5.92 Å². The van der Waals surface area contributed by atoms with E-state index in [-0.39, 0.29) is 17.1 Å². The summed E-state index contributed by atoms with van der Waals surface area (Å²) in [5.41, 5.74) is 0.943. The SMILES string of the molecule is COc1ccc(C(=O)[C@@H](C)C(=O)c2ccccc2)c(OC(=O)c2ccccc2)c1. The number of methoxy groups -OCH3 is 1. The van der Waals surface area contributed by atoms with Crippen LogP contribution in [-0.2, 0) is 0 Å². The molecule has 5 nitrogen and oxygen atoms in total. The molecule has 3 aromatic carbocycles. The van der Waals surface area contributed by atoms with Crippen molar-refractivity contribution in [1.82, 2.24) is 0 Å². The van der Waals surface area contributed by atoms with Crippen LogP contribution in [0.3, 0.4) is 0 Å². The predicted octanol–water partition coefficient (Wildman–Crippen LogP) is 4.62. The molecule has 0 aromatic heterocycles. The molecular formula is C24H20O5. The highest BCUT2D eigenvalue weighted by atomic mass is 16.5. The molecule has 29 heavy (non-hydrogen) atoms. The van der Waals surface area contributed by atoms with Gasteiger partial charge in [-0.2, -0.15) is 0 Å². The molecule has 0 N–H and O–H groups in total. The molecule has 5 heteroatoms. The lowest BCUT2D eigenvalue weighted by Crippen LogP contribution is -2.22. The molecule has 0 aliphatic carbocycles. The maximum atomic E-state index is 13.0. The highest BCUT2D eigenvalue weighted by molar-refractivity contribution is 6.16. The number of carbonyl (C=O) groups is 3. The second-order valence-corrected chi connectivity index (χ2v) is 6.43. The monoisotopic (exact) mass is 388 g/mol. The van der Waals surface area contributed by atoms with Gasteiger partial charge in [-0.3, -0.25) is 9.59 Å². The van der Waals surface area contributed by atoms with Crippen LogP contribution in [-0.4, -0.2) is 24.6 Å². The summed E-state index contributed by atoms with van der Waals surface area (Å²) in [6, 6.07) is 21.6. The minimum atomic E-state index is -0.931. The van der Waals surface area contributed by atoms with E-state index in [1.807, 2.05) is 0 Å². The second-order valence-electron chi connectivity index (χ2n) is 6.43. The molecule has 0 bridgehead atoms. The van der Waals surface area contributed by atoms with Crippen LogP contribution < -0.4 is 9.47 Å². The summed E-state index contributed by atoms with van der Waals surface area (Å²) in [5.74, 6) is -1.78. The molecule has 3 rings (SSSR count). The summed E-state index contributed by atoms with van der Waals surface area (Å²) in [4.78, 5) is 38.2. The zero-order chi connectivity index (χ0) is 20.8. The van der Waals surface area contributed by atoms with E-state index < -0.39 is 17.7 Å². The van der Waals surface area contributed by atoms with Crippen molar-refractivity contribution in [1.29, 1.82) is 0 Å². The van der Waals surface area contributed by atoms with E-state index in [4.69, 9.17) is 9.47 Å². The first-order valence-corrected chi connectivity index (χ1v) is 9.10. The number of hydrogen-bond acceptors (Lipinski definition) is 5. The van der Waals surface area contributed by atoms with Crippen molar-refractivity contribution in [3.05, 3.63) is 95.6 Å². The molecular weight excluding hydrogens is 368 g/mol. The lowest BCUT2D eigenvalue weighted by molar-refractivity contribution is 0.0731. The molecule has 0 aliphatic heterocycles. The Morgan fingerprint density at radius 3 is 1.93 bits per heavy atom. The standard InChI is InChI=1S/C24H20O5/c1-16(22(25)17-9-5-3-6-10-17)23(26)20-14-13-19(28-2)15-21(20)29-24(27)18-11-7-4-8-12-18/h3-16H,1-2H3/t16-/m0/s1. The van der Waals surface area contributed by atoms with Crippen LogP contribution in [0.15, 0.2) is 78.9 Å². The molecule has 0 spiro atoms. The van der Waals surface area contributed by atoms with E-state index in [2.05, 4.69) is 0 Å². The Labute approximate surface area is 168 Å². The molecule has 1 atom stereocenters. The summed E-state index contributed by atoms with van der Waals surface area (Å²) >= 11 is 0. The third-order valence-corrected chi connectivity index (χ3v) is 4.51. The molecule has 0 amide bonds. The minimum Gasteiger partial charge on any atom is -0.497 e. The van der Waals surface area contributed by atoms with Crippen LogP contribution in [0.5, 0.6) is 11.5 Å². The van der Waals surface area contributed by atoms with Crippen molar-refractivity contribution in [3.8, 4) is 11.5 Å². The van der Waals surface area contributed by atoms with Crippen LogP contribution in [0.1, 0.15) is 38.0 Å². The smallest absolute Gasteiger partial charge is 0.343 e. The van der Waals surface area contributed by atoms with Gasteiger partial charge in [0.15, 0.2) is 11.6 Å².